The molecule has 94 valence electrons. The maximum atomic E-state index is 11.9. The van der Waals surface area contributed by atoms with Gasteiger partial charge in [0.15, 0.2) is 0 Å². The van der Waals surface area contributed by atoms with Crippen LogP contribution in [0.15, 0.2) is 18.5 Å². The molecule has 0 bridgehead atoms. The summed E-state index contributed by atoms with van der Waals surface area (Å²) >= 11 is 0. The van der Waals surface area contributed by atoms with Crippen molar-refractivity contribution >= 4 is 17.8 Å². The Bertz CT molecular complexity index is 492. The molecule has 2 amide bonds. The van der Waals surface area contributed by atoms with E-state index in [0.29, 0.717) is 5.56 Å². The topological polar surface area (TPSA) is 87.6 Å². The standard InChI is InChI=1S/C12H12N2O4/c1-7(12(17)18)3-5-14-10(15)8-2-4-13-6-9(8)11(14)16/h2,4,6-7H,3,5H2,1H3,(H,17,18). The summed E-state index contributed by atoms with van der Waals surface area (Å²) < 4.78 is 0. The molecule has 18 heavy (non-hydrogen) atoms. The first kappa shape index (κ1) is 12.2. The van der Waals surface area contributed by atoms with Crippen molar-refractivity contribution in [2.24, 2.45) is 5.92 Å². The third-order valence-electron chi connectivity index (χ3n) is 2.98. The molecular formula is C12H12N2O4. The van der Waals surface area contributed by atoms with Gasteiger partial charge in [-0.05, 0) is 12.5 Å². The quantitative estimate of drug-likeness (QED) is 0.796. The first-order chi connectivity index (χ1) is 8.52. The van der Waals surface area contributed by atoms with Crippen molar-refractivity contribution in [2.45, 2.75) is 13.3 Å². The van der Waals surface area contributed by atoms with Crippen LogP contribution in [0.2, 0.25) is 0 Å². The lowest BCUT2D eigenvalue weighted by Crippen LogP contribution is -2.32. The van der Waals surface area contributed by atoms with Crippen LogP contribution < -0.4 is 0 Å². The van der Waals surface area contributed by atoms with Crippen molar-refractivity contribution in [2.75, 3.05) is 6.54 Å². The normalized spacial score (nSPS) is 15.7. The minimum Gasteiger partial charge on any atom is -0.481 e. The zero-order valence-corrected chi connectivity index (χ0v) is 9.79. The fourth-order valence-corrected chi connectivity index (χ4v) is 1.78. The summed E-state index contributed by atoms with van der Waals surface area (Å²) in [5.41, 5.74) is 0.614. The van der Waals surface area contributed by atoms with Crippen LogP contribution in [-0.2, 0) is 4.79 Å². The molecular weight excluding hydrogens is 236 g/mol. The van der Waals surface area contributed by atoms with Crippen molar-refractivity contribution in [1.82, 2.24) is 9.88 Å². The fraction of sp³-hybridized carbons (Fsp3) is 0.333. The van der Waals surface area contributed by atoms with Gasteiger partial charge in [-0.15, -0.1) is 0 Å². The van der Waals surface area contributed by atoms with E-state index in [1.165, 1.54) is 18.5 Å². The Labute approximate surface area is 103 Å². The predicted octanol–water partition coefficient (Wildman–Crippen LogP) is 0.788. The largest absolute Gasteiger partial charge is 0.481 e. The second-order valence-electron chi connectivity index (χ2n) is 4.21. The van der Waals surface area contributed by atoms with Crippen molar-refractivity contribution in [3.8, 4) is 0 Å². The highest BCUT2D eigenvalue weighted by atomic mass is 16.4. The van der Waals surface area contributed by atoms with Gasteiger partial charge < -0.3 is 5.11 Å². The summed E-state index contributed by atoms with van der Waals surface area (Å²) in [5.74, 6) is -2.31. The van der Waals surface area contributed by atoms with Gasteiger partial charge in [-0.25, -0.2) is 0 Å². The van der Waals surface area contributed by atoms with Gasteiger partial charge in [0.2, 0.25) is 0 Å². The monoisotopic (exact) mass is 248 g/mol. The number of aromatic nitrogens is 1. The first-order valence-corrected chi connectivity index (χ1v) is 5.55. The molecule has 1 aromatic rings. The highest BCUT2D eigenvalue weighted by molar-refractivity contribution is 6.21. The third kappa shape index (κ3) is 1.97. The van der Waals surface area contributed by atoms with Gasteiger partial charge in [-0.3, -0.25) is 24.3 Å². The minimum absolute atomic E-state index is 0.111. The second-order valence-corrected chi connectivity index (χ2v) is 4.21. The van der Waals surface area contributed by atoms with Crippen LogP contribution in [0.3, 0.4) is 0 Å². The Morgan fingerprint density at radius 1 is 1.39 bits per heavy atom. The molecule has 0 aliphatic carbocycles. The average Bonchev–Trinajstić information content (AvgIpc) is 2.60. The molecule has 0 aromatic carbocycles. The molecule has 2 heterocycles. The fourth-order valence-electron chi connectivity index (χ4n) is 1.78. The lowest BCUT2D eigenvalue weighted by atomic mass is 10.1. The number of amides is 2. The number of aliphatic carboxylic acids is 1. The van der Waals surface area contributed by atoms with E-state index >= 15 is 0 Å². The Morgan fingerprint density at radius 2 is 2.06 bits per heavy atom. The highest BCUT2D eigenvalue weighted by Crippen LogP contribution is 2.22. The molecule has 1 aliphatic rings. The van der Waals surface area contributed by atoms with Gasteiger partial charge in [0.05, 0.1) is 17.0 Å². The molecule has 0 radical (unpaired) electrons. The van der Waals surface area contributed by atoms with Crippen molar-refractivity contribution < 1.29 is 19.5 Å². The number of carboxylic acids is 1. The molecule has 0 saturated carbocycles. The molecule has 0 spiro atoms. The summed E-state index contributed by atoms with van der Waals surface area (Å²) in [7, 11) is 0. The lowest BCUT2D eigenvalue weighted by Gasteiger charge is -2.14. The van der Waals surface area contributed by atoms with Crippen LogP contribution >= 0.6 is 0 Å². The molecule has 0 saturated heterocycles. The maximum Gasteiger partial charge on any atom is 0.306 e. The second kappa shape index (κ2) is 4.56. The van der Waals surface area contributed by atoms with Crippen LogP contribution in [0.5, 0.6) is 0 Å². The van der Waals surface area contributed by atoms with Gasteiger partial charge in [-0.2, -0.15) is 0 Å². The number of hydrogen-bond acceptors (Lipinski definition) is 4. The van der Waals surface area contributed by atoms with E-state index < -0.39 is 17.8 Å². The number of carboxylic acid groups (broad SMARTS) is 1. The lowest BCUT2D eigenvalue weighted by molar-refractivity contribution is -0.141. The predicted molar refractivity (Wildman–Crippen MR) is 61.0 cm³/mol. The Morgan fingerprint density at radius 3 is 2.67 bits per heavy atom. The highest BCUT2D eigenvalue weighted by Gasteiger charge is 2.35. The molecule has 0 fully saturated rings. The van der Waals surface area contributed by atoms with E-state index in [0.717, 1.165) is 4.90 Å². The molecule has 1 unspecified atom stereocenters. The maximum absolute atomic E-state index is 11.9. The summed E-state index contributed by atoms with van der Waals surface area (Å²) in [6, 6.07) is 1.50. The van der Waals surface area contributed by atoms with E-state index in [2.05, 4.69) is 4.98 Å². The summed E-state index contributed by atoms with van der Waals surface area (Å²) in [6.07, 6.45) is 3.05. The van der Waals surface area contributed by atoms with Crippen LogP contribution in [0.1, 0.15) is 34.1 Å². The number of fused-ring (bicyclic) bond motifs is 1. The van der Waals surface area contributed by atoms with Gasteiger partial charge in [0.1, 0.15) is 0 Å². The third-order valence-corrected chi connectivity index (χ3v) is 2.98. The van der Waals surface area contributed by atoms with Gasteiger partial charge in [0, 0.05) is 18.9 Å². The summed E-state index contributed by atoms with van der Waals surface area (Å²) in [4.78, 5) is 39.4. The molecule has 6 heteroatoms. The Kier molecular flexibility index (Phi) is 3.10. The van der Waals surface area contributed by atoms with Crippen molar-refractivity contribution in [1.29, 1.82) is 0 Å². The number of hydrogen-bond donors (Lipinski definition) is 1. The SMILES string of the molecule is CC(CCN1C(=O)c2ccncc2C1=O)C(=O)O. The Balaban J connectivity index is 2.12. The molecule has 6 nitrogen and oxygen atoms in total. The van der Waals surface area contributed by atoms with Gasteiger partial charge >= 0.3 is 5.97 Å². The number of carbonyl (C=O) groups excluding carboxylic acids is 2. The molecule has 2 rings (SSSR count). The zero-order chi connectivity index (χ0) is 13.3. The average molecular weight is 248 g/mol. The first-order valence-electron chi connectivity index (χ1n) is 5.55. The van der Waals surface area contributed by atoms with Gasteiger partial charge in [0.25, 0.3) is 11.8 Å². The van der Waals surface area contributed by atoms with E-state index in [1.54, 1.807) is 6.92 Å². The van der Waals surface area contributed by atoms with E-state index in [1.807, 2.05) is 0 Å². The van der Waals surface area contributed by atoms with E-state index in [9.17, 15) is 14.4 Å². The summed E-state index contributed by atoms with van der Waals surface area (Å²) in [6.45, 7) is 1.65. The van der Waals surface area contributed by atoms with E-state index in [4.69, 9.17) is 5.11 Å². The Hall–Kier alpha value is -2.24. The van der Waals surface area contributed by atoms with Crippen molar-refractivity contribution in [3.63, 3.8) is 0 Å². The zero-order valence-electron chi connectivity index (χ0n) is 9.79. The number of carbonyl (C=O) groups is 3. The number of nitrogens with zero attached hydrogens (tertiary/aromatic N) is 2. The molecule has 1 atom stereocenters. The van der Waals surface area contributed by atoms with E-state index in [-0.39, 0.29) is 24.4 Å². The summed E-state index contributed by atoms with van der Waals surface area (Å²) in [5, 5.41) is 8.76. The van der Waals surface area contributed by atoms with Crippen LogP contribution in [0, 0.1) is 5.92 Å². The number of rotatable bonds is 4. The molecule has 1 aliphatic heterocycles. The van der Waals surface area contributed by atoms with Crippen LogP contribution in [0.4, 0.5) is 0 Å². The smallest absolute Gasteiger partial charge is 0.306 e. The van der Waals surface area contributed by atoms with Gasteiger partial charge in [-0.1, -0.05) is 6.92 Å². The minimum atomic E-state index is -0.937. The number of imide groups is 1. The number of pyridine rings is 1. The molecule has 1 aromatic heterocycles. The van der Waals surface area contributed by atoms with Crippen LogP contribution in [-0.4, -0.2) is 39.3 Å². The van der Waals surface area contributed by atoms with Crippen molar-refractivity contribution in [3.05, 3.63) is 29.6 Å². The van der Waals surface area contributed by atoms with Crippen LogP contribution in [0.25, 0.3) is 0 Å². The molecule has 1 N–H and O–H groups in total.